The molecule has 1 atom stereocenters. The maximum absolute atomic E-state index is 11.9. The summed E-state index contributed by atoms with van der Waals surface area (Å²) in [6, 6.07) is 3.71. The van der Waals surface area contributed by atoms with Crippen LogP contribution in [0.3, 0.4) is 0 Å². The van der Waals surface area contributed by atoms with Crippen LogP contribution in [-0.2, 0) is 4.79 Å². The fraction of sp³-hybridized carbons (Fsp3) is 0.467. The van der Waals surface area contributed by atoms with Gasteiger partial charge in [-0.25, -0.2) is 4.79 Å². The van der Waals surface area contributed by atoms with Gasteiger partial charge in [0.1, 0.15) is 11.8 Å². The molecule has 1 rings (SSSR count). The Bertz CT molecular complexity index is 555. The van der Waals surface area contributed by atoms with Crippen molar-refractivity contribution in [2.75, 3.05) is 12.4 Å². The van der Waals surface area contributed by atoms with Crippen molar-refractivity contribution in [1.29, 1.82) is 0 Å². The number of halogens is 1. The molecule has 0 aliphatic heterocycles. The second-order valence-corrected chi connectivity index (χ2v) is 6.31. The molecule has 7 heteroatoms. The third kappa shape index (κ3) is 5.81. The number of hydrogen-bond donors (Lipinski definition) is 3. The van der Waals surface area contributed by atoms with Gasteiger partial charge in [-0.1, -0.05) is 11.6 Å². The standard InChI is InChI=1S/C15H22ClN3O3/c1-9(13(20)19-15(2,3)4)17-14(21)18-12-7-6-10(22-5)8-11(12)16/h6-9H,1-5H3,(H,19,20)(H2,17,18,21)/t9-/m1/s1. The van der Waals surface area contributed by atoms with Gasteiger partial charge in [0, 0.05) is 11.6 Å². The van der Waals surface area contributed by atoms with Gasteiger partial charge < -0.3 is 20.7 Å². The molecule has 1 aromatic rings. The molecule has 22 heavy (non-hydrogen) atoms. The highest BCUT2D eigenvalue weighted by Gasteiger charge is 2.20. The molecule has 0 saturated heterocycles. The molecule has 0 saturated carbocycles. The van der Waals surface area contributed by atoms with E-state index in [2.05, 4.69) is 16.0 Å². The number of hydrogen-bond acceptors (Lipinski definition) is 3. The van der Waals surface area contributed by atoms with Crippen LogP contribution >= 0.6 is 11.6 Å². The summed E-state index contributed by atoms with van der Waals surface area (Å²) in [5, 5.41) is 8.29. The zero-order valence-electron chi connectivity index (χ0n) is 13.4. The van der Waals surface area contributed by atoms with Crippen molar-refractivity contribution in [2.24, 2.45) is 0 Å². The lowest BCUT2D eigenvalue weighted by Crippen LogP contribution is -2.51. The molecule has 3 amide bonds. The smallest absolute Gasteiger partial charge is 0.319 e. The SMILES string of the molecule is COc1ccc(NC(=O)N[C@H](C)C(=O)NC(C)(C)C)c(Cl)c1. The van der Waals surface area contributed by atoms with Crippen LogP contribution in [0, 0.1) is 0 Å². The quantitative estimate of drug-likeness (QED) is 0.795. The minimum atomic E-state index is -0.670. The Hall–Kier alpha value is -1.95. The minimum absolute atomic E-state index is 0.261. The van der Waals surface area contributed by atoms with Crippen molar-refractivity contribution in [3.05, 3.63) is 23.2 Å². The van der Waals surface area contributed by atoms with E-state index in [0.29, 0.717) is 16.5 Å². The Kier molecular flexibility index (Phi) is 6.05. The number of carbonyl (C=O) groups excluding carboxylic acids is 2. The topological polar surface area (TPSA) is 79.5 Å². The first-order valence-corrected chi connectivity index (χ1v) is 7.23. The lowest BCUT2D eigenvalue weighted by atomic mass is 10.1. The van der Waals surface area contributed by atoms with Crippen LogP contribution in [0.4, 0.5) is 10.5 Å². The molecule has 0 fully saturated rings. The van der Waals surface area contributed by atoms with E-state index >= 15 is 0 Å². The average molecular weight is 328 g/mol. The number of amides is 3. The van der Waals surface area contributed by atoms with Crippen LogP contribution in [0.2, 0.25) is 5.02 Å². The van der Waals surface area contributed by atoms with E-state index in [9.17, 15) is 9.59 Å². The van der Waals surface area contributed by atoms with Crippen molar-refractivity contribution >= 4 is 29.2 Å². The Morgan fingerprint density at radius 3 is 2.41 bits per heavy atom. The second kappa shape index (κ2) is 7.35. The summed E-state index contributed by atoms with van der Waals surface area (Å²) < 4.78 is 5.03. The van der Waals surface area contributed by atoms with Gasteiger partial charge >= 0.3 is 6.03 Å². The zero-order valence-corrected chi connectivity index (χ0v) is 14.2. The lowest BCUT2D eigenvalue weighted by molar-refractivity contribution is -0.123. The fourth-order valence-corrected chi connectivity index (χ4v) is 1.84. The summed E-state index contributed by atoms with van der Waals surface area (Å²) in [5.74, 6) is 0.331. The van der Waals surface area contributed by atoms with Crippen LogP contribution in [-0.4, -0.2) is 30.6 Å². The van der Waals surface area contributed by atoms with E-state index in [4.69, 9.17) is 16.3 Å². The molecule has 0 aromatic heterocycles. The minimum Gasteiger partial charge on any atom is -0.497 e. The number of anilines is 1. The van der Waals surface area contributed by atoms with Crippen molar-refractivity contribution in [1.82, 2.24) is 10.6 Å². The van der Waals surface area contributed by atoms with E-state index in [1.165, 1.54) is 7.11 Å². The van der Waals surface area contributed by atoms with Crippen LogP contribution in [0.25, 0.3) is 0 Å². The van der Waals surface area contributed by atoms with Gasteiger partial charge in [0.2, 0.25) is 5.91 Å². The molecule has 0 spiro atoms. The normalized spacial score (nSPS) is 12.3. The molecular formula is C15H22ClN3O3. The maximum Gasteiger partial charge on any atom is 0.319 e. The van der Waals surface area contributed by atoms with E-state index in [1.807, 2.05) is 20.8 Å². The Labute approximate surface area is 135 Å². The average Bonchev–Trinajstić information content (AvgIpc) is 2.39. The van der Waals surface area contributed by atoms with E-state index in [0.717, 1.165) is 0 Å². The van der Waals surface area contributed by atoms with Crippen molar-refractivity contribution in [2.45, 2.75) is 39.3 Å². The molecule has 0 aliphatic carbocycles. The third-order valence-corrected chi connectivity index (χ3v) is 2.98. The van der Waals surface area contributed by atoms with Crippen LogP contribution in [0.5, 0.6) is 5.75 Å². The molecular weight excluding hydrogens is 306 g/mol. The van der Waals surface area contributed by atoms with Gasteiger partial charge in [0.25, 0.3) is 0 Å². The monoisotopic (exact) mass is 327 g/mol. The second-order valence-electron chi connectivity index (χ2n) is 5.91. The number of urea groups is 1. The van der Waals surface area contributed by atoms with E-state index in [1.54, 1.807) is 25.1 Å². The van der Waals surface area contributed by atoms with Crippen molar-refractivity contribution in [3.8, 4) is 5.75 Å². The van der Waals surface area contributed by atoms with Crippen LogP contribution in [0.1, 0.15) is 27.7 Å². The Morgan fingerprint density at radius 2 is 1.91 bits per heavy atom. The predicted octanol–water partition coefficient (Wildman–Crippen LogP) is 2.77. The maximum atomic E-state index is 11.9. The van der Waals surface area contributed by atoms with Gasteiger partial charge in [-0.2, -0.15) is 0 Å². The van der Waals surface area contributed by atoms with E-state index < -0.39 is 12.1 Å². The third-order valence-electron chi connectivity index (χ3n) is 2.66. The number of rotatable bonds is 4. The van der Waals surface area contributed by atoms with Gasteiger partial charge in [0.05, 0.1) is 17.8 Å². The molecule has 0 radical (unpaired) electrons. The van der Waals surface area contributed by atoms with Gasteiger partial charge in [-0.05, 0) is 39.8 Å². The van der Waals surface area contributed by atoms with Gasteiger partial charge in [-0.3, -0.25) is 4.79 Å². The first kappa shape index (κ1) is 18.1. The molecule has 0 heterocycles. The molecule has 3 N–H and O–H groups in total. The Morgan fingerprint density at radius 1 is 1.27 bits per heavy atom. The molecule has 0 bridgehead atoms. The highest BCUT2D eigenvalue weighted by Crippen LogP contribution is 2.26. The van der Waals surface area contributed by atoms with Gasteiger partial charge in [-0.15, -0.1) is 0 Å². The lowest BCUT2D eigenvalue weighted by Gasteiger charge is -2.23. The summed E-state index contributed by atoms with van der Waals surface area (Å²) in [5.41, 5.74) is 0.0754. The summed E-state index contributed by atoms with van der Waals surface area (Å²) in [6.45, 7) is 7.22. The summed E-state index contributed by atoms with van der Waals surface area (Å²) in [7, 11) is 1.53. The molecule has 122 valence electrons. The first-order chi connectivity index (χ1) is 10.1. The zero-order chi connectivity index (χ0) is 16.9. The largest absolute Gasteiger partial charge is 0.497 e. The number of nitrogens with one attached hydrogen (secondary N) is 3. The first-order valence-electron chi connectivity index (χ1n) is 6.85. The summed E-state index contributed by atoms with van der Waals surface area (Å²) in [6.07, 6.45) is 0. The predicted molar refractivity (Wildman–Crippen MR) is 87.5 cm³/mol. The number of benzene rings is 1. The summed E-state index contributed by atoms with van der Waals surface area (Å²) in [4.78, 5) is 23.8. The van der Waals surface area contributed by atoms with Crippen molar-refractivity contribution < 1.29 is 14.3 Å². The number of methoxy groups -OCH3 is 1. The van der Waals surface area contributed by atoms with E-state index in [-0.39, 0.29) is 11.4 Å². The molecule has 6 nitrogen and oxygen atoms in total. The van der Waals surface area contributed by atoms with Crippen LogP contribution < -0.4 is 20.7 Å². The Balaban J connectivity index is 2.61. The van der Waals surface area contributed by atoms with Crippen LogP contribution in [0.15, 0.2) is 18.2 Å². The molecule has 0 unspecified atom stereocenters. The molecule has 1 aromatic carbocycles. The highest BCUT2D eigenvalue weighted by atomic mass is 35.5. The highest BCUT2D eigenvalue weighted by molar-refractivity contribution is 6.33. The number of ether oxygens (including phenoxy) is 1. The molecule has 0 aliphatic rings. The fourth-order valence-electron chi connectivity index (χ4n) is 1.62. The number of carbonyl (C=O) groups is 2. The van der Waals surface area contributed by atoms with Gasteiger partial charge in [0.15, 0.2) is 0 Å². The summed E-state index contributed by atoms with van der Waals surface area (Å²) >= 11 is 6.04. The van der Waals surface area contributed by atoms with Crippen molar-refractivity contribution in [3.63, 3.8) is 0 Å².